The van der Waals surface area contributed by atoms with E-state index in [0.717, 1.165) is 6.42 Å². The van der Waals surface area contributed by atoms with Crippen LogP contribution in [-0.4, -0.2) is 51.7 Å². The van der Waals surface area contributed by atoms with Gasteiger partial charge in [0.05, 0.1) is 12.8 Å². The Balaban J connectivity index is 2.49. The Labute approximate surface area is 167 Å². The zero-order valence-corrected chi connectivity index (χ0v) is 17.9. The van der Waals surface area contributed by atoms with Crippen molar-refractivity contribution in [1.29, 1.82) is 0 Å². The number of carbonyl (C=O) groups is 1. The van der Waals surface area contributed by atoms with Gasteiger partial charge in [-0.1, -0.05) is 18.6 Å². The van der Waals surface area contributed by atoms with E-state index in [9.17, 15) is 18.4 Å². The number of nitrogens with zero attached hydrogens (tertiary/aromatic N) is 2. The molecule has 0 bridgehead atoms. The van der Waals surface area contributed by atoms with Gasteiger partial charge in [0.25, 0.3) is 0 Å². The average Bonchev–Trinajstić information content (AvgIpc) is 2.62. The second-order valence-corrected chi connectivity index (χ2v) is 9.24. The van der Waals surface area contributed by atoms with E-state index in [2.05, 4.69) is 10.2 Å². The summed E-state index contributed by atoms with van der Waals surface area (Å²) in [6, 6.07) is 5.88. The number of nitrogens with one attached hydrogen (secondary N) is 1. The minimum absolute atomic E-state index is 0.0709. The first-order valence-corrected chi connectivity index (χ1v) is 10.5. The first-order valence-electron chi connectivity index (χ1n) is 9.02. The van der Waals surface area contributed by atoms with Crippen LogP contribution >= 0.6 is 0 Å². The Kier molecular flexibility index (Phi) is 9.15. The minimum Gasteiger partial charge on any atom is -0.733 e. The molecule has 0 aromatic heterocycles. The summed E-state index contributed by atoms with van der Waals surface area (Å²) in [5, 5.41) is 14.6. The van der Waals surface area contributed by atoms with Crippen LogP contribution in [0.25, 0.3) is 0 Å². The van der Waals surface area contributed by atoms with Gasteiger partial charge in [0, 0.05) is 20.1 Å². The fourth-order valence-corrected chi connectivity index (χ4v) is 3.72. The summed E-state index contributed by atoms with van der Waals surface area (Å²) in [5.41, 5.74) is -0.613. The molecule has 0 aliphatic heterocycles. The van der Waals surface area contributed by atoms with Crippen LogP contribution in [-0.2, 0) is 19.6 Å². The molecule has 0 fully saturated rings. The highest BCUT2D eigenvalue weighted by Gasteiger charge is 2.24. The highest BCUT2D eigenvalue weighted by molar-refractivity contribution is 7.89. The number of carbonyl (C=O) groups excluding carboxylic acids is 1. The maximum atomic E-state index is 12.7. The van der Waals surface area contributed by atoms with Gasteiger partial charge in [-0.15, -0.1) is 0 Å². The number of rotatable bonds is 10. The molecule has 0 saturated heterocycles. The summed E-state index contributed by atoms with van der Waals surface area (Å²) in [6.07, 6.45) is 1.56. The minimum atomic E-state index is -3.83. The molecule has 0 unspecified atom stereocenters. The van der Waals surface area contributed by atoms with Gasteiger partial charge in [-0.25, -0.2) is 17.5 Å². The molecule has 0 aliphatic rings. The monoisotopic (exact) mass is 416 g/mol. The molecule has 1 aromatic rings. The lowest BCUT2D eigenvalue weighted by Crippen LogP contribution is -2.33. The number of anilines is 1. The first-order chi connectivity index (χ1) is 13.0. The van der Waals surface area contributed by atoms with E-state index in [1.165, 1.54) is 30.6 Å². The van der Waals surface area contributed by atoms with Crippen LogP contribution in [0.2, 0.25) is 0 Å². The highest BCUT2D eigenvalue weighted by Crippen LogP contribution is 2.27. The van der Waals surface area contributed by atoms with Gasteiger partial charge >= 0.3 is 6.09 Å². The Morgan fingerprint density at radius 3 is 2.43 bits per heavy atom. The van der Waals surface area contributed by atoms with Gasteiger partial charge in [-0.2, -0.15) is 0 Å². The zero-order valence-electron chi connectivity index (χ0n) is 17.1. The quantitative estimate of drug-likeness (QED) is 0.461. The maximum Gasteiger partial charge on any atom is 0.407 e. The predicted octanol–water partition coefficient (Wildman–Crippen LogP) is 2.87. The van der Waals surface area contributed by atoms with Crippen LogP contribution in [0, 0.1) is 5.21 Å². The lowest BCUT2D eigenvalue weighted by molar-refractivity contribution is 0.0527. The SMILES string of the molecule is CON([O-])c1ccccc1S(=O)(=O)N(C)CCCCCNC(=O)OC(C)(C)C. The van der Waals surface area contributed by atoms with Crippen molar-refractivity contribution < 1.29 is 22.8 Å². The van der Waals surface area contributed by atoms with Crippen LogP contribution in [0.1, 0.15) is 40.0 Å². The fourth-order valence-electron chi connectivity index (χ4n) is 2.35. The summed E-state index contributed by atoms with van der Waals surface area (Å²) in [5.74, 6) is 0. The average molecular weight is 417 g/mol. The third-order valence-corrected chi connectivity index (χ3v) is 5.64. The molecule has 0 saturated carbocycles. The smallest absolute Gasteiger partial charge is 0.407 e. The van der Waals surface area contributed by atoms with Crippen LogP contribution in [0.15, 0.2) is 29.2 Å². The normalized spacial score (nSPS) is 12.1. The van der Waals surface area contributed by atoms with E-state index >= 15 is 0 Å². The van der Waals surface area contributed by atoms with Crippen molar-refractivity contribution in [2.45, 2.75) is 50.5 Å². The third-order valence-electron chi connectivity index (χ3n) is 3.73. The van der Waals surface area contributed by atoms with Crippen molar-refractivity contribution in [3.63, 3.8) is 0 Å². The predicted molar refractivity (Wildman–Crippen MR) is 107 cm³/mol. The van der Waals surface area contributed by atoms with E-state index in [0.29, 0.717) is 19.4 Å². The number of unbranched alkanes of at least 4 members (excludes halogenated alkanes) is 2. The second kappa shape index (κ2) is 10.6. The molecule has 28 heavy (non-hydrogen) atoms. The van der Waals surface area contributed by atoms with Crippen LogP contribution < -0.4 is 10.5 Å². The van der Waals surface area contributed by atoms with Crippen molar-refractivity contribution in [2.75, 3.05) is 32.5 Å². The van der Waals surface area contributed by atoms with Gasteiger partial charge in [0.1, 0.15) is 10.5 Å². The maximum absolute atomic E-state index is 12.7. The summed E-state index contributed by atoms with van der Waals surface area (Å²) < 4.78 is 31.8. The fraction of sp³-hybridized carbons (Fsp3) is 0.611. The van der Waals surface area contributed by atoms with E-state index in [1.807, 2.05) is 0 Å². The van der Waals surface area contributed by atoms with Crippen molar-refractivity contribution in [3.05, 3.63) is 29.5 Å². The molecular formula is C18H30N3O6S-. The van der Waals surface area contributed by atoms with E-state index in [4.69, 9.17) is 4.74 Å². The lowest BCUT2D eigenvalue weighted by atomic mass is 10.2. The number of para-hydroxylation sites is 1. The van der Waals surface area contributed by atoms with Gasteiger partial charge in [-0.3, -0.25) is 4.84 Å². The summed E-state index contributed by atoms with van der Waals surface area (Å²) >= 11 is 0. The lowest BCUT2D eigenvalue weighted by Gasteiger charge is -2.29. The number of amides is 1. The molecule has 10 heteroatoms. The number of hydrogen-bond donors (Lipinski definition) is 1. The summed E-state index contributed by atoms with van der Waals surface area (Å²) in [6.45, 7) is 6.11. The standard InChI is InChI=1S/C18H30N3O6S/c1-18(2,3)27-17(22)19-13-9-6-10-14-20(4)28(24,25)16-12-8-7-11-15(16)21(23)26-5/h7-8,11-12H,6,9-10,13-14H2,1-5H3,(H,19,22)/q-1. The van der Waals surface area contributed by atoms with Gasteiger partial charge in [0.2, 0.25) is 10.0 Å². The van der Waals surface area contributed by atoms with Crippen molar-refractivity contribution >= 4 is 21.8 Å². The zero-order chi connectivity index (χ0) is 21.4. The van der Waals surface area contributed by atoms with E-state index in [1.54, 1.807) is 32.9 Å². The molecule has 0 atom stereocenters. The number of ether oxygens (including phenoxy) is 1. The number of sulfonamides is 1. The molecule has 1 rings (SSSR count). The van der Waals surface area contributed by atoms with Gasteiger partial charge in [0.15, 0.2) is 0 Å². The molecule has 1 aromatic carbocycles. The largest absolute Gasteiger partial charge is 0.733 e. The molecule has 1 N–H and O–H groups in total. The molecule has 0 radical (unpaired) electrons. The van der Waals surface area contributed by atoms with Crippen molar-refractivity contribution in [2.24, 2.45) is 0 Å². The number of benzene rings is 1. The molecular weight excluding hydrogens is 386 g/mol. The van der Waals surface area contributed by atoms with E-state index < -0.39 is 21.7 Å². The van der Waals surface area contributed by atoms with Crippen LogP contribution in [0.5, 0.6) is 0 Å². The summed E-state index contributed by atoms with van der Waals surface area (Å²) in [7, 11) is -1.19. The van der Waals surface area contributed by atoms with Crippen LogP contribution in [0.4, 0.5) is 10.5 Å². The second-order valence-electron chi connectivity index (χ2n) is 7.22. The molecule has 0 heterocycles. The molecule has 0 spiro atoms. The van der Waals surface area contributed by atoms with Crippen LogP contribution in [0.3, 0.4) is 0 Å². The molecule has 160 valence electrons. The highest BCUT2D eigenvalue weighted by atomic mass is 32.2. The Morgan fingerprint density at radius 2 is 1.82 bits per heavy atom. The van der Waals surface area contributed by atoms with E-state index in [-0.39, 0.29) is 22.4 Å². The van der Waals surface area contributed by atoms with Gasteiger partial charge < -0.3 is 20.5 Å². The Bertz CT molecular complexity index is 733. The van der Waals surface area contributed by atoms with Gasteiger partial charge in [-0.05, 0) is 45.7 Å². The molecule has 1 amide bonds. The summed E-state index contributed by atoms with van der Waals surface area (Å²) in [4.78, 5) is 16.0. The molecule has 0 aliphatic carbocycles. The molecule has 9 nitrogen and oxygen atoms in total. The van der Waals surface area contributed by atoms with Crippen molar-refractivity contribution in [1.82, 2.24) is 9.62 Å². The number of hydrogen-bond acceptors (Lipinski definition) is 7. The Hall–Kier alpha value is -1.88. The topological polar surface area (TPSA) is 111 Å². The Morgan fingerprint density at radius 1 is 1.18 bits per heavy atom. The first kappa shape index (κ1) is 24.2. The third kappa shape index (κ3) is 7.63. The van der Waals surface area contributed by atoms with Crippen molar-refractivity contribution in [3.8, 4) is 0 Å². The number of alkyl carbamates (subject to hydrolysis) is 1.